The summed E-state index contributed by atoms with van der Waals surface area (Å²) in [5.74, 6) is -0.313. The highest BCUT2D eigenvalue weighted by atomic mass is 19.3. The van der Waals surface area contributed by atoms with Gasteiger partial charge < -0.3 is 4.74 Å². The normalized spacial score (nSPS) is 14.7. The molecule has 2 rings (SSSR count). The van der Waals surface area contributed by atoms with Crippen LogP contribution in [-0.2, 0) is 11.2 Å². The number of halogens is 2. The minimum Gasteiger partial charge on any atom is -0.496 e. The molecule has 6 heteroatoms. The Labute approximate surface area is 102 Å². The van der Waals surface area contributed by atoms with E-state index in [0.29, 0.717) is 28.9 Å². The topological polar surface area (TPSA) is 46.6 Å². The van der Waals surface area contributed by atoms with Gasteiger partial charge in [0.05, 0.1) is 18.4 Å². The zero-order chi connectivity index (χ0) is 13.3. The van der Waals surface area contributed by atoms with Gasteiger partial charge in [0, 0.05) is 6.42 Å². The number of carbonyl (C=O) groups is 2. The highest BCUT2D eigenvalue weighted by molar-refractivity contribution is 5.98. The molecular weight excluding hydrogens is 244 g/mol. The Balaban J connectivity index is 2.57. The van der Waals surface area contributed by atoms with Crippen LogP contribution in [0.25, 0.3) is 0 Å². The average Bonchev–Trinajstić information content (AvgIpc) is 2.36. The first-order chi connectivity index (χ1) is 8.58. The molecule has 0 fully saturated rings. The van der Waals surface area contributed by atoms with Crippen molar-refractivity contribution in [1.82, 2.24) is 0 Å². The molecule has 1 aromatic rings. The summed E-state index contributed by atoms with van der Waals surface area (Å²) in [5.41, 5.74) is 0.818. The van der Waals surface area contributed by atoms with Crippen LogP contribution in [0.2, 0.25) is 0 Å². The molecule has 0 spiro atoms. The molecule has 0 aromatic heterocycles. The number of rotatable bonds is 3. The maximum atomic E-state index is 12.9. The van der Waals surface area contributed by atoms with Crippen LogP contribution in [0, 0.1) is 0 Å². The first-order valence-corrected chi connectivity index (χ1v) is 5.34. The van der Waals surface area contributed by atoms with Gasteiger partial charge in [-0.2, -0.15) is 8.78 Å². The van der Waals surface area contributed by atoms with E-state index < -0.39 is 12.5 Å². The van der Waals surface area contributed by atoms with Crippen LogP contribution < -0.4 is 9.64 Å². The lowest BCUT2D eigenvalue weighted by atomic mass is 9.99. The van der Waals surface area contributed by atoms with Crippen molar-refractivity contribution in [2.24, 2.45) is 0 Å². The number of hydrogen-bond acceptors (Lipinski definition) is 3. The maximum absolute atomic E-state index is 12.9. The highest BCUT2D eigenvalue weighted by Gasteiger charge is 2.31. The van der Waals surface area contributed by atoms with Crippen LogP contribution in [0.1, 0.15) is 22.3 Å². The molecule has 0 radical (unpaired) electrons. The van der Waals surface area contributed by atoms with Gasteiger partial charge in [-0.05, 0) is 24.1 Å². The quantitative estimate of drug-likeness (QED) is 0.613. The van der Waals surface area contributed by atoms with Crippen LogP contribution >= 0.6 is 0 Å². The van der Waals surface area contributed by atoms with Crippen LogP contribution in [0.4, 0.5) is 14.5 Å². The molecule has 0 saturated carbocycles. The lowest BCUT2D eigenvalue weighted by Crippen LogP contribution is -2.39. The van der Waals surface area contributed by atoms with Gasteiger partial charge in [0.1, 0.15) is 5.75 Å². The van der Waals surface area contributed by atoms with E-state index in [1.165, 1.54) is 19.2 Å². The molecule has 0 bridgehead atoms. The van der Waals surface area contributed by atoms with E-state index in [1.54, 1.807) is 0 Å². The summed E-state index contributed by atoms with van der Waals surface area (Å²) in [4.78, 5) is 22.8. The lowest BCUT2D eigenvalue weighted by Gasteiger charge is -2.29. The van der Waals surface area contributed by atoms with Crippen LogP contribution in [0.3, 0.4) is 0 Å². The molecule has 1 aromatic carbocycles. The van der Waals surface area contributed by atoms with E-state index >= 15 is 0 Å². The number of methoxy groups -OCH3 is 1. The maximum Gasteiger partial charge on any atom is 0.321 e. The second-order valence-corrected chi connectivity index (χ2v) is 3.88. The molecule has 0 atom stereocenters. The fraction of sp³-hybridized carbons (Fsp3) is 0.333. The van der Waals surface area contributed by atoms with E-state index in [9.17, 15) is 18.4 Å². The van der Waals surface area contributed by atoms with Gasteiger partial charge in [0.25, 0.3) is 0 Å². The average molecular weight is 255 g/mol. The zero-order valence-electron chi connectivity index (χ0n) is 9.65. The first-order valence-electron chi connectivity index (χ1n) is 5.34. The van der Waals surface area contributed by atoms with Crippen molar-refractivity contribution in [3.63, 3.8) is 0 Å². The van der Waals surface area contributed by atoms with E-state index in [1.807, 2.05) is 0 Å². The van der Waals surface area contributed by atoms with Crippen LogP contribution in [0.5, 0.6) is 5.75 Å². The summed E-state index contributed by atoms with van der Waals surface area (Å²) in [6.45, 7) is -2.91. The van der Waals surface area contributed by atoms with Crippen LogP contribution in [-0.4, -0.2) is 25.9 Å². The van der Waals surface area contributed by atoms with Gasteiger partial charge in [0.15, 0.2) is 6.29 Å². The van der Waals surface area contributed by atoms with Gasteiger partial charge in [-0.3, -0.25) is 14.5 Å². The van der Waals surface area contributed by atoms with Crippen molar-refractivity contribution in [3.05, 3.63) is 23.3 Å². The second-order valence-electron chi connectivity index (χ2n) is 3.88. The van der Waals surface area contributed by atoms with Crippen LogP contribution in [0.15, 0.2) is 12.1 Å². The zero-order valence-corrected chi connectivity index (χ0v) is 9.65. The number of ether oxygens (including phenoxy) is 1. The Morgan fingerprint density at radius 2 is 2.11 bits per heavy atom. The SMILES string of the molecule is COc1cc2c(cc1C=O)N(C(F)F)C(=O)CC2. The minimum absolute atomic E-state index is 0.0287. The molecule has 0 saturated heterocycles. The van der Waals surface area contributed by atoms with Gasteiger partial charge in [-0.15, -0.1) is 0 Å². The fourth-order valence-electron chi connectivity index (χ4n) is 2.03. The molecule has 18 heavy (non-hydrogen) atoms. The summed E-state index contributed by atoms with van der Waals surface area (Å²) >= 11 is 0. The summed E-state index contributed by atoms with van der Waals surface area (Å²) in [7, 11) is 1.40. The number of anilines is 1. The van der Waals surface area contributed by atoms with Gasteiger partial charge in [-0.1, -0.05) is 0 Å². The van der Waals surface area contributed by atoms with Crippen molar-refractivity contribution in [2.75, 3.05) is 12.0 Å². The number of alkyl halides is 2. The standard InChI is InChI=1S/C12H11F2NO3/c1-18-10-5-7-2-3-11(17)15(12(13)14)9(7)4-8(10)6-16/h4-6,12H,2-3H2,1H3. The molecule has 1 aliphatic rings. The molecule has 1 heterocycles. The van der Waals surface area contributed by atoms with Crippen molar-refractivity contribution < 1.29 is 23.1 Å². The number of benzene rings is 1. The minimum atomic E-state index is -2.91. The monoisotopic (exact) mass is 255 g/mol. The Kier molecular flexibility index (Phi) is 3.27. The predicted octanol–water partition coefficient (Wildman–Crippen LogP) is 2.01. The molecule has 4 nitrogen and oxygen atoms in total. The van der Waals surface area contributed by atoms with Gasteiger partial charge >= 0.3 is 6.55 Å². The first kappa shape index (κ1) is 12.5. The number of aldehydes is 1. The number of fused-ring (bicyclic) bond motifs is 1. The van der Waals surface area contributed by atoms with Crippen molar-refractivity contribution in [1.29, 1.82) is 0 Å². The summed E-state index contributed by atoms with van der Waals surface area (Å²) in [6.07, 6.45) is 0.912. The van der Waals surface area contributed by atoms with E-state index in [4.69, 9.17) is 4.74 Å². The molecular formula is C12H11F2NO3. The third-order valence-corrected chi connectivity index (χ3v) is 2.89. The molecule has 1 aliphatic heterocycles. The number of amides is 1. The van der Waals surface area contributed by atoms with E-state index in [-0.39, 0.29) is 17.7 Å². The summed E-state index contributed by atoms with van der Waals surface area (Å²) in [5, 5.41) is 0. The largest absolute Gasteiger partial charge is 0.496 e. The number of carbonyl (C=O) groups excluding carboxylic acids is 2. The Hall–Kier alpha value is -1.98. The summed E-state index contributed by atoms with van der Waals surface area (Å²) in [6, 6.07) is 2.80. The Morgan fingerprint density at radius 1 is 1.39 bits per heavy atom. The summed E-state index contributed by atoms with van der Waals surface area (Å²) < 4.78 is 30.7. The predicted molar refractivity (Wildman–Crippen MR) is 60.2 cm³/mol. The lowest BCUT2D eigenvalue weighted by molar-refractivity contribution is -0.121. The van der Waals surface area contributed by atoms with E-state index in [2.05, 4.69) is 0 Å². The Morgan fingerprint density at radius 3 is 2.67 bits per heavy atom. The fourth-order valence-corrected chi connectivity index (χ4v) is 2.03. The van der Waals surface area contributed by atoms with Crippen molar-refractivity contribution >= 4 is 17.9 Å². The molecule has 1 amide bonds. The molecule has 0 aliphatic carbocycles. The smallest absolute Gasteiger partial charge is 0.321 e. The van der Waals surface area contributed by atoms with Crippen molar-refractivity contribution in [3.8, 4) is 5.75 Å². The Bertz CT molecular complexity index is 502. The molecule has 0 unspecified atom stereocenters. The second kappa shape index (κ2) is 4.72. The van der Waals surface area contributed by atoms with Gasteiger partial charge in [0.2, 0.25) is 5.91 Å². The van der Waals surface area contributed by atoms with Gasteiger partial charge in [-0.25, -0.2) is 0 Å². The number of hydrogen-bond donors (Lipinski definition) is 0. The third-order valence-electron chi connectivity index (χ3n) is 2.89. The van der Waals surface area contributed by atoms with E-state index in [0.717, 1.165) is 0 Å². The highest BCUT2D eigenvalue weighted by Crippen LogP contribution is 2.35. The van der Waals surface area contributed by atoms with Crippen molar-refractivity contribution in [2.45, 2.75) is 19.4 Å². The number of aryl methyl sites for hydroxylation is 1. The third kappa shape index (κ3) is 1.94. The molecule has 96 valence electrons. The number of nitrogens with zero attached hydrogens (tertiary/aromatic N) is 1. The molecule has 0 N–H and O–H groups in total.